The Bertz CT molecular complexity index is 667. The number of likely N-dealkylation sites (tertiary alicyclic amines) is 1. The van der Waals surface area contributed by atoms with Gasteiger partial charge in [0.25, 0.3) is 0 Å². The molecule has 0 spiro atoms. The molecule has 2 aromatic carbocycles. The van der Waals surface area contributed by atoms with Gasteiger partial charge in [-0.3, -0.25) is 9.69 Å². The van der Waals surface area contributed by atoms with Crippen molar-refractivity contribution in [3.63, 3.8) is 0 Å². The normalized spacial score (nSPS) is 18.2. The van der Waals surface area contributed by atoms with E-state index in [0.717, 1.165) is 31.1 Å². The first-order chi connectivity index (χ1) is 11.1. The summed E-state index contributed by atoms with van der Waals surface area (Å²) in [6.07, 6.45) is 2.33. The number of nitrogens with two attached hydrogens (primary N) is 1. The van der Waals surface area contributed by atoms with E-state index < -0.39 is 0 Å². The smallest absolute Gasteiger partial charge is 0.248 e. The number of halogens is 1. The minimum Gasteiger partial charge on any atom is -0.366 e. The first-order valence-corrected chi connectivity index (χ1v) is 8.33. The standard InChI is InChI=1S/C19H21ClN2O/c20-18-7-3-14(4-8-18)11-16-9-10-22(13-16)12-15-1-5-17(6-2-15)19(21)23/h1-8,16H,9-13H2,(H2,21,23). The van der Waals surface area contributed by atoms with Crippen LogP contribution < -0.4 is 5.73 Å². The fourth-order valence-electron chi connectivity index (χ4n) is 3.21. The van der Waals surface area contributed by atoms with Crippen molar-refractivity contribution in [2.75, 3.05) is 13.1 Å². The molecule has 4 heteroatoms. The van der Waals surface area contributed by atoms with Crippen molar-refractivity contribution in [2.24, 2.45) is 11.7 Å². The maximum absolute atomic E-state index is 11.1. The minimum absolute atomic E-state index is 0.374. The molecule has 1 fully saturated rings. The lowest BCUT2D eigenvalue weighted by molar-refractivity contribution is 0.100. The lowest BCUT2D eigenvalue weighted by Crippen LogP contribution is -2.20. The van der Waals surface area contributed by atoms with Crippen molar-refractivity contribution in [3.8, 4) is 0 Å². The van der Waals surface area contributed by atoms with Gasteiger partial charge in [-0.1, -0.05) is 35.9 Å². The summed E-state index contributed by atoms with van der Waals surface area (Å²) < 4.78 is 0. The molecular formula is C19H21ClN2O. The van der Waals surface area contributed by atoms with E-state index in [1.165, 1.54) is 17.5 Å². The molecule has 1 heterocycles. The molecule has 3 rings (SSSR count). The largest absolute Gasteiger partial charge is 0.366 e. The zero-order valence-corrected chi connectivity index (χ0v) is 13.8. The van der Waals surface area contributed by atoms with E-state index in [4.69, 9.17) is 17.3 Å². The lowest BCUT2D eigenvalue weighted by Gasteiger charge is -2.16. The van der Waals surface area contributed by atoms with Crippen LogP contribution in [0.15, 0.2) is 48.5 Å². The van der Waals surface area contributed by atoms with Crippen LogP contribution in [-0.2, 0) is 13.0 Å². The van der Waals surface area contributed by atoms with E-state index in [0.29, 0.717) is 11.5 Å². The topological polar surface area (TPSA) is 46.3 Å². The number of amides is 1. The van der Waals surface area contributed by atoms with Gasteiger partial charge < -0.3 is 5.73 Å². The predicted octanol–water partition coefficient (Wildman–Crippen LogP) is 3.50. The van der Waals surface area contributed by atoms with Gasteiger partial charge in [0.1, 0.15) is 0 Å². The first kappa shape index (κ1) is 16.0. The summed E-state index contributed by atoms with van der Waals surface area (Å²) in [5.74, 6) is 0.321. The van der Waals surface area contributed by atoms with Crippen molar-refractivity contribution < 1.29 is 4.79 Å². The van der Waals surface area contributed by atoms with Crippen LogP contribution in [0.5, 0.6) is 0 Å². The number of carbonyl (C=O) groups excluding carboxylic acids is 1. The van der Waals surface area contributed by atoms with Gasteiger partial charge in [-0.05, 0) is 60.7 Å². The van der Waals surface area contributed by atoms with E-state index in [-0.39, 0.29) is 5.91 Å². The van der Waals surface area contributed by atoms with E-state index in [1.54, 1.807) is 12.1 Å². The number of carbonyl (C=O) groups is 1. The van der Waals surface area contributed by atoms with Crippen molar-refractivity contribution in [3.05, 3.63) is 70.2 Å². The second-order valence-electron chi connectivity index (χ2n) is 6.28. The van der Waals surface area contributed by atoms with Crippen LogP contribution in [0.25, 0.3) is 0 Å². The number of nitrogens with zero attached hydrogens (tertiary/aromatic N) is 1. The van der Waals surface area contributed by atoms with Crippen molar-refractivity contribution >= 4 is 17.5 Å². The van der Waals surface area contributed by atoms with Gasteiger partial charge in [-0.25, -0.2) is 0 Å². The third kappa shape index (κ3) is 4.34. The van der Waals surface area contributed by atoms with Crippen LogP contribution in [0.3, 0.4) is 0 Å². The van der Waals surface area contributed by atoms with Crippen LogP contribution in [0.1, 0.15) is 27.9 Å². The number of hydrogen-bond acceptors (Lipinski definition) is 2. The van der Waals surface area contributed by atoms with E-state index in [2.05, 4.69) is 17.0 Å². The number of hydrogen-bond donors (Lipinski definition) is 1. The van der Waals surface area contributed by atoms with E-state index in [9.17, 15) is 4.79 Å². The van der Waals surface area contributed by atoms with Crippen molar-refractivity contribution in [1.29, 1.82) is 0 Å². The summed E-state index contributed by atoms with van der Waals surface area (Å²) in [4.78, 5) is 13.6. The van der Waals surface area contributed by atoms with Gasteiger partial charge in [-0.2, -0.15) is 0 Å². The van der Waals surface area contributed by atoms with Gasteiger partial charge in [-0.15, -0.1) is 0 Å². The van der Waals surface area contributed by atoms with Gasteiger partial charge >= 0.3 is 0 Å². The Morgan fingerprint density at radius 3 is 2.39 bits per heavy atom. The molecule has 1 atom stereocenters. The Kier molecular flexibility index (Phi) is 4.99. The van der Waals surface area contributed by atoms with Gasteiger partial charge in [0.15, 0.2) is 0 Å². The third-order valence-corrected chi connectivity index (χ3v) is 4.70. The molecule has 2 aromatic rings. The molecule has 0 radical (unpaired) electrons. The zero-order chi connectivity index (χ0) is 16.2. The monoisotopic (exact) mass is 328 g/mol. The average Bonchev–Trinajstić information content (AvgIpc) is 2.97. The maximum Gasteiger partial charge on any atom is 0.248 e. The highest BCUT2D eigenvalue weighted by Crippen LogP contribution is 2.23. The van der Waals surface area contributed by atoms with Crippen LogP contribution >= 0.6 is 11.6 Å². The minimum atomic E-state index is -0.374. The van der Waals surface area contributed by atoms with E-state index >= 15 is 0 Å². The summed E-state index contributed by atoms with van der Waals surface area (Å²) in [6.45, 7) is 3.16. The number of rotatable bonds is 5. The molecule has 1 aliphatic rings. The molecule has 120 valence electrons. The molecule has 3 nitrogen and oxygen atoms in total. The number of primary amides is 1. The van der Waals surface area contributed by atoms with Gasteiger partial charge in [0.05, 0.1) is 0 Å². The fraction of sp³-hybridized carbons (Fsp3) is 0.316. The number of benzene rings is 2. The van der Waals surface area contributed by atoms with Crippen LogP contribution in [0, 0.1) is 5.92 Å². The van der Waals surface area contributed by atoms with Crippen molar-refractivity contribution in [2.45, 2.75) is 19.4 Å². The van der Waals surface area contributed by atoms with Crippen molar-refractivity contribution in [1.82, 2.24) is 4.90 Å². The van der Waals surface area contributed by atoms with Gasteiger partial charge in [0.2, 0.25) is 5.91 Å². The highest BCUT2D eigenvalue weighted by Gasteiger charge is 2.22. The molecule has 0 aromatic heterocycles. The molecular weight excluding hydrogens is 308 g/mol. The Morgan fingerprint density at radius 1 is 1.09 bits per heavy atom. The third-order valence-electron chi connectivity index (χ3n) is 4.45. The molecule has 1 amide bonds. The summed E-state index contributed by atoms with van der Waals surface area (Å²) in [5, 5.41) is 0.793. The quantitative estimate of drug-likeness (QED) is 0.913. The molecule has 23 heavy (non-hydrogen) atoms. The molecule has 2 N–H and O–H groups in total. The maximum atomic E-state index is 11.1. The summed E-state index contributed by atoms with van der Waals surface area (Å²) in [6, 6.07) is 15.8. The summed E-state index contributed by atoms with van der Waals surface area (Å²) in [7, 11) is 0. The average molecular weight is 329 g/mol. The Balaban J connectivity index is 1.53. The van der Waals surface area contributed by atoms with Crippen LogP contribution in [-0.4, -0.2) is 23.9 Å². The van der Waals surface area contributed by atoms with E-state index in [1.807, 2.05) is 24.3 Å². The molecule has 1 unspecified atom stereocenters. The Labute approximate surface area is 142 Å². The summed E-state index contributed by atoms with van der Waals surface area (Å²) >= 11 is 5.94. The second-order valence-corrected chi connectivity index (χ2v) is 6.72. The van der Waals surface area contributed by atoms with Crippen LogP contribution in [0.2, 0.25) is 5.02 Å². The molecule has 0 aliphatic carbocycles. The van der Waals surface area contributed by atoms with Gasteiger partial charge in [0, 0.05) is 23.7 Å². The molecule has 1 aliphatic heterocycles. The zero-order valence-electron chi connectivity index (χ0n) is 13.0. The highest BCUT2D eigenvalue weighted by molar-refractivity contribution is 6.30. The SMILES string of the molecule is NC(=O)c1ccc(CN2CCC(Cc3ccc(Cl)cc3)C2)cc1. The molecule has 0 saturated carbocycles. The summed E-state index contributed by atoms with van der Waals surface area (Å²) in [5.41, 5.74) is 8.41. The highest BCUT2D eigenvalue weighted by atomic mass is 35.5. The Morgan fingerprint density at radius 2 is 1.74 bits per heavy atom. The molecule has 1 saturated heterocycles. The Hall–Kier alpha value is -1.84. The van der Waals surface area contributed by atoms with Crippen LogP contribution in [0.4, 0.5) is 0 Å². The lowest BCUT2D eigenvalue weighted by atomic mass is 9.99. The first-order valence-electron chi connectivity index (χ1n) is 7.96. The molecule has 0 bridgehead atoms. The second kappa shape index (κ2) is 7.16. The fourth-order valence-corrected chi connectivity index (χ4v) is 3.34. The predicted molar refractivity (Wildman–Crippen MR) is 93.5 cm³/mol.